The highest BCUT2D eigenvalue weighted by Gasteiger charge is 2.23. The molecule has 0 aliphatic carbocycles. The summed E-state index contributed by atoms with van der Waals surface area (Å²) in [6.07, 6.45) is 0. The Morgan fingerprint density at radius 2 is 2.36 bits per heavy atom. The molecule has 0 saturated carbocycles. The van der Waals surface area contributed by atoms with Gasteiger partial charge in [-0.15, -0.1) is 11.8 Å². The lowest BCUT2D eigenvalue weighted by atomic mass is 10.2. The molecular formula is C10H11BrClNS. The second-order valence-electron chi connectivity index (χ2n) is 3.40. The molecule has 0 bridgehead atoms. The van der Waals surface area contributed by atoms with Gasteiger partial charge in [-0.1, -0.05) is 40.5 Å². The molecule has 0 amide bonds. The van der Waals surface area contributed by atoms with Crippen LogP contribution in [-0.4, -0.2) is 11.8 Å². The third-order valence-corrected chi connectivity index (χ3v) is 4.45. The van der Waals surface area contributed by atoms with Crippen LogP contribution in [0.15, 0.2) is 22.7 Å². The molecule has 1 heterocycles. The lowest BCUT2D eigenvalue weighted by Gasteiger charge is -2.12. The zero-order chi connectivity index (χ0) is 10.1. The van der Waals surface area contributed by atoms with Crippen LogP contribution in [0.2, 0.25) is 5.02 Å². The highest BCUT2D eigenvalue weighted by atomic mass is 79.9. The number of benzene rings is 1. The molecule has 1 aromatic rings. The Hall–Kier alpha value is 0.300. The van der Waals surface area contributed by atoms with Crippen LogP contribution >= 0.6 is 39.3 Å². The predicted octanol–water partition coefficient (Wildman–Crippen LogP) is 3.83. The van der Waals surface area contributed by atoms with E-state index in [-0.39, 0.29) is 0 Å². The molecule has 1 aliphatic rings. The number of halogens is 2. The molecule has 1 saturated heterocycles. The maximum atomic E-state index is 5.90. The first-order valence-corrected chi connectivity index (χ1v) is 6.62. The van der Waals surface area contributed by atoms with Crippen molar-refractivity contribution in [2.45, 2.75) is 17.5 Å². The van der Waals surface area contributed by atoms with Crippen LogP contribution in [0.1, 0.15) is 17.9 Å². The van der Waals surface area contributed by atoms with Crippen molar-refractivity contribution in [1.82, 2.24) is 5.32 Å². The third kappa shape index (κ3) is 2.27. The van der Waals surface area contributed by atoms with E-state index in [9.17, 15) is 0 Å². The minimum atomic E-state index is 0.400. The molecule has 0 aromatic heterocycles. The molecule has 2 rings (SSSR count). The Kier molecular flexibility index (Phi) is 3.42. The fraction of sp³-hybridized carbons (Fsp3) is 0.400. The fourth-order valence-electron chi connectivity index (χ4n) is 1.50. The molecule has 1 aliphatic heterocycles. The van der Waals surface area contributed by atoms with Crippen molar-refractivity contribution in [3.05, 3.63) is 33.3 Å². The summed E-state index contributed by atoms with van der Waals surface area (Å²) >= 11 is 11.4. The summed E-state index contributed by atoms with van der Waals surface area (Å²) in [4.78, 5) is 0. The average molecular weight is 293 g/mol. The van der Waals surface area contributed by atoms with Gasteiger partial charge in [-0.3, -0.25) is 0 Å². The van der Waals surface area contributed by atoms with Crippen molar-refractivity contribution in [2.24, 2.45) is 0 Å². The van der Waals surface area contributed by atoms with Gasteiger partial charge in [0.05, 0.1) is 5.37 Å². The summed E-state index contributed by atoms with van der Waals surface area (Å²) in [5.74, 6) is 0. The molecule has 1 fully saturated rings. The molecule has 2 atom stereocenters. The van der Waals surface area contributed by atoms with Gasteiger partial charge in [0.2, 0.25) is 0 Å². The maximum absolute atomic E-state index is 5.90. The normalized spacial score (nSPS) is 26.8. The summed E-state index contributed by atoms with van der Waals surface area (Å²) in [6, 6.07) is 5.96. The number of thioether (sulfide) groups is 1. The van der Waals surface area contributed by atoms with Crippen molar-refractivity contribution in [3.63, 3.8) is 0 Å². The van der Waals surface area contributed by atoms with Crippen LogP contribution in [-0.2, 0) is 0 Å². The molecule has 4 heteroatoms. The Balaban J connectivity index is 2.24. The summed E-state index contributed by atoms with van der Waals surface area (Å²) in [5, 5.41) is 5.33. The smallest absolute Gasteiger partial charge is 0.0803 e. The third-order valence-electron chi connectivity index (χ3n) is 2.20. The molecular weight excluding hydrogens is 282 g/mol. The van der Waals surface area contributed by atoms with Gasteiger partial charge in [-0.05, 0) is 17.7 Å². The highest BCUT2D eigenvalue weighted by molar-refractivity contribution is 9.10. The van der Waals surface area contributed by atoms with E-state index < -0.39 is 0 Å². The molecule has 14 heavy (non-hydrogen) atoms. The van der Waals surface area contributed by atoms with Crippen LogP contribution < -0.4 is 5.32 Å². The van der Waals surface area contributed by atoms with E-state index in [4.69, 9.17) is 11.6 Å². The predicted molar refractivity (Wildman–Crippen MR) is 66.9 cm³/mol. The van der Waals surface area contributed by atoms with E-state index in [1.54, 1.807) is 0 Å². The van der Waals surface area contributed by atoms with Gasteiger partial charge in [0, 0.05) is 21.3 Å². The van der Waals surface area contributed by atoms with E-state index in [1.165, 1.54) is 5.56 Å². The minimum absolute atomic E-state index is 0.400. The zero-order valence-corrected chi connectivity index (χ0v) is 10.9. The molecule has 1 aromatic carbocycles. The van der Waals surface area contributed by atoms with Crippen LogP contribution in [0.3, 0.4) is 0 Å². The molecule has 76 valence electrons. The summed E-state index contributed by atoms with van der Waals surface area (Å²) in [6.45, 7) is 3.31. The Morgan fingerprint density at radius 1 is 1.57 bits per heavy atom. The molecule has 1 N–H and O–H groups in total. The second kappa shape index (κ2) is 4.44. The monoisotopic (exact) mass is 291 g/mol. The average Bonchev–Trinajstić information content (AvgIpc) is 2.51. The van der Waals surface area contributed by atoms with Gasteiger partial charge in [0.15, 0.2) is 0 Å². The topological polar surface area (TPSA) is 12.0 Å². The van der Waals surface area contributed by atoms with Crippen LogP contribution in [0, 0.1) is 0 Å². The molecule has 0 spiro atoms. The first kappa shape index (κ1) is 10.8. The number of hydrogen-bond donors (Lipinski definition) is 1. The first-order chi connectivity index (χ1) is 6.66. The maximum Gasteiger partial charge on any atom is 0.0803 e. The van der Waals surface area contributed by atoms with E-state index in [1.807, 2.05) is 23.9 Å². The van der Waals surface area contributed by atoms with Gasteiger partial charge in [-0.25, -0.2) is 0 Å². The Morgan fingerprint density at radius 3 is 2.93 bits per heavy atom. The van der Waals surface area contributed by atoms with Gasteiger partial charge in [0.25, 0.3) is 0 Å². The number of nitrogens with one attached hydrogen (secondary N) is 1. The highest BCUT2D eigenvalue weighted by Crippen LogP contribution is 2.38. The van der Waals surface area contributed by atoms with Crippen molar-refractivity contribution in [1.29, 1.82) is 0 Å². The largest absolute Gasteiger partial charge is 0.300 e. The summed E-state index contributed by atoms with van der Waals surface area (Å²) in [7, 11) is 0. The Labute approximate surface area is 102 Å². The fourth-order valence-corrected chi connectivity index (χ4v) is 3.76. The van der Waals surface area contributed by atoms with Crippen molar-refractivity contribution in [2.75, 3.05) is 6.54 Å². The van der Waals surface area contributed by atoms with Crippen LogP contribution in [0.4, 0.5) is 0 Å². The minimum Gasteiger partial charge on any atom is -0.300 e. The molecule has 1 nitrogen and oxygen atoms in total. The SMILES string of the molecule is CC1CNC(c2ccc(Cl)cc2Br)S1. The van der Waals surface area contributed by atoms with E-state index in [0.29, 0.717) is 10.6 Å². The lowest BCUT2D eigenvalue weighted by Crippen LogP contribution is -2.14. The Bertz CT molecular complexity index is 345. The van der Waals surface area contributed by atoms with Crippen molar-refractivity contribution in [3.8, 4) is 0 Å². The quantitative estimate of drug-likeness (QED) is 0.844. The molecule has 0 radical (unpaired) electrons. The summed E-state index contributed by atoms with van der Waals surface area (Å²) < 4.78 is 1.09. The van der Waals surface area contributed by atoms with Gasteiger partial charge in [0.1, 0.15) is 0 Å². The molecule has 2 unspecified atom stereocenters. The van der Waals surface area contributed by atoms with Gasteiger partial charge >= 0.3 is 0 Å². The first-order valence-electron chi connectivity index (χ1n) is 4.50. The van der Waals surface area contributed by atoms with E-state index >= 15 is 0 Å². The standard InChI is InChI=1S/C10H11BrClNS/c1-6-5-13-10(14-6)8-3-2-7(12)4-9(8)11/h2-4,6,10,13H,5H2,1H3. The lowest BCUT2D eigenvalue weighted by molar-refractivity contribution is 0.716. The zero-order valence-electron chi connectivity index (χ0n) is 7.76. The van der Waals surface area contributed by atoms with E-state index in [2.05, 4.69) is 34.2 Å². The summed E-state index contributed by atoms with van der Waals surface area (Å²) in [5.41, 5.74) is 1.28. The number of rotatable bonds is 1. The van der Waals surface area contributed by atoms with Gasteiger partial charge in [-0.2, -0.15) is 0 Å². The van der Waals surface area contributed by atoms with Gasteiger partial charge < -0.3 is 5.32 Å². The van der Waals surface area contributed by atoms with Crippen LogP contribution in [0.25, 0.3) is 0 Å². The van der Waals surface area contributed by atoms with Crippen molar-refractivity contribution < 1.29 is 0 Å². The van der Waals surface area contributed by atoms with Crippen molar-refractivity contribution >= 4 is 39.3 Å². The van der Waals surface area contributed by atoms with Crippen LogP contribution in [0.5, 0.6) is 0 Å². The van der Waals surface area contributed by atoms with E-state index in [0.717, 1.165) is 16.0 Å². The number of hydrogen-bond acceptors (Lipinski definition) is 2. The second-order valence-corrected chi connectivity index (χ2v) is 6.24.